The number of fused-ring (bicyclic) bond motifs is 1. The van der Waals surface area contributed by atoms with Crippen LogP contribution in [0.1, 0.15) is 24.4 Å². The van der Waals surface area contributed by atoms with Crippen molar-refractivity contribution in [3.63, 3.8) is 0 Å². The van der Waals surface area contributed by atoms with Crippen LogP contribution in [0.3, 0.4) is 0 Å². The summed E-state index contributed by atoms with van der Waals surface area (Å²) in [7, 11) is 0. The van der Waals surface area contributed by atoms with E-state index in [-0.39, 0.29) is 12.5 Å². The molecular weight excluding hydrogens is 306 g/mol. The number of benzene rings is 2. The Morgan fingerprint density at radius 2 is 2.08 bits per heavy atom. The fourth-order valence-corrected chi connectivity index (χ4v) is 2.34. The molecule has 124 valence electrons. The van der Waals surface area contributed by atoms with Gasteiger partial charge in [-0.2, -0.15) is 0 Å². The number of aromatic amines is 1. The molecule has 0 saturated heterocycles. The number of hydrogen-bond acceptors (Lipinski definition) is 4. The van der Waals surface area contributed by atoms with Crippen LogP contribution in [0.2, 0.25) is 0 Å². The number of rotatable bonds is 6. The molecule has 1 amide bonds. The van der Waals surface area contributed by atoms with Gasteiger partial charge in [0.15, 0.2) is 0 Å². The molecule has 3 aromatic rings. The maximum atomic E-state index is 12.0. The highest BCUT2D eigenvalue weighted by Gasteiger charge is 2.09. The molecule has 1 heterocycles. The monoisotopic (exact) mass is 325 g/mol. The zero-order valence-corrected chi connectivity index (χ0v) is 13.3. The number of ether oxygens (including phenoxy) is 1. The van der Waals surface area contributed by atoms with Crippen LogP contribution < -0.4 is 5.32 Å². The van der Waals surface area contributed by atoms with Crippen LogP contribution in [0.15, 0.2) is 48.5 Å². The largest absolute Gasteiger partial charge is 0.385 e. The van der Waals surface area contributed by atoms with Gasteiger partial charge in [0, 0.05) is 5.69 Å². The average Bonchev–Trinajstić information content (AvgIpc) is 2.99. The van der Waals surface area contributed by atoms with Crippen LogP contribution in [-0.4, -0.2) is 27.6 Å². The van der Waals surface area contributed by atoms with Crippen LogP contribution in [0.5, 0.6) is 0 Å². The summed E-state index contributed by atoms with van der Waals surface area (Å²) in [5, 5.41) is 12.3. The first kappa shape index (κ1) is 16.2. The second-order valence-electron chi connectivity index (χ2n) is 5.56. The van der Waals surface area contributed by atoms with E-state index < -0.39 is 6.10 Å². The molecule has 0 bridgehead atoms. The molecule has 6 heteroatoms. The number of aromatic nitrogens is 2. The molecule has 0 aliphatic rings. The first-order valence-electron chi connectivity index (χ1n) is 7.71. The number of imidazole rings is 1. The van der Waals surface area contributed by atoms with E-state index in [1.54, 1.807) is 25.1 Å². The number of anilines is 1. The Morgan fingerprint density at radius 3 is 2.83 bits per heavy atom. The summed E-state index contributed by atoms with van der Waals surface area (Å²) in [5.74, 6) is 0.278. The van der Waals surface area contributed by atoms with Gasteiger partial charge in [0.2, 0.25) is 5.91 Å². The number of carbonyl (C=O) groups is 1. The highest BCUT2D eigenvalue weighted by Crippen LogP contribution is 2.19. The second kappa shape index (κ2) is 7.25. The third-order valence-corrected chi connectivity index (χ3v) is 3.52. The van der Waals surface area contributed by atoms with Crippen molar-refractivity contribution in [1.82, 2.24) is 9.97 Å². The molecule has 0 aliphatic carbocycles. The minimum absolute atomic E-state index is 0.0190. The van der Waals surface area contributed by atoms with Gasteiger partial charge in [0.25, 0.3) is 0 Å². The molecular formula is C18H19N3O3. The number of aliphatic hydroxyl groups excluding tert-OH is 1. The Balaban J connectivity index is 1.56. The summed E-state index contributed by atoms with van der Waals surface area (Å²) in [4.78, 5) is 19.3. The molecule has 1 unspecified atom stereocenters. The number of amides is 1. The molecule has 1 aromatic heterocycles. The quantitative estimate of drug-likeness (QED) is 0.650. The van der Waals surface area contributed by atoms with Gasteiger partial charge in [-0.1, -0.05) is 30.3 Å². The Morgan fingerprint density at radius 1 is 1.29 bits per heavy atom. The SMILES string of the molecule is CC(O)c1nc2ccc(NC(=O)COCc3ccccc3)cc2[nH]1. The van der Waals surface area contributed by atoms with Gasteiger partial charge in [0.1, 0.15) is 18.5 Å². The lowest BCUT2D eigenvalue weighted by molar-refractivity contribution is -0.121. The number of aliphatic hydroxyl groups is 1. The maximum Gasteiger partial charge on any atom is 0.250 e. The average molecular weight is 325 g/mol. The Kier molecular flexibility index (Phi) is 4.88. The number of H-pyrrole nitrogens is 1. The summed E-state index contributed by atoms with van der Waals surface area (Å²) < 4.78 is 5.41. The molecule has 3 rings (SSSR count). The molecule has 2 aromatic carbocycles. The van der Waals surface area contributed by atoms with E-state index >= 15 is 0 Å². The zero-order chi connectivity index (χ0) is 16.9. The van der Waals surface area contributed by atoms with Gasteiger partial charge in [-0.15, -0.1) is 0 Å². The fraction of sp³-hybridized carbons (Fsp3) is 0.222. The van der Waals surface area contributed by atoms with Crippen molar-refractivity contribution in [2.24, 2.45) is 0 Å². The number of nitrogens with zero attached hydrogens (tertiary/aromatic N) is 1. The van der Waals surface area contributed by atoms with E-state index in [0.29, 0.717) is 18.1 Å². The van der Waals surface area contributed by atoms with Crippen LogP contribution in [0.25, 0.3) is 11.0 Å². The van der Waals surface area contributed by atoms with Crippen LogP contribution in [-0.2, 0) is 16.1 Å². The molecule has 24 heavy (non-hydrogen) atoms. The smallest absolute Gasteiger partial charge is 0.250 e. The lowest BCUT2D eigenvalue weighted by atomic mass is 10.2. The summed E-state index contributed by atoms with van der Waals surface area (Å²) in [6.45, 7) is 2.02. The molecule has 6 nitrogen and oxygen atoms in total. The van der Waals surface area contributed by atoms with E-state index in [1.165, 1.54) is 0 Å². The Hall–Kier alpha value is -2.70. The molecule has 0 radical (unpaired) electrons. The standard InChI is InChI=1S/C18H19N3O3/c1-12(22)18-20-15-8-7-14(9-16(15)21-18)19-17(23)11-24-10-13-5-3-2-4-6-13/h2-9,12,22H,10-11H2,1H3,(H,19,23)(H,20,21). The first-order chi connectivity index (χ1) is 11.6. The van der Waals surface area contributed by atoms with Crippen LogP contribution in [0, 0.1) is 0 Å². The zero-order valence-electron chi connectivity index (χ0n) is 13.3. The predicted molar refractivity (Wildman–Crippen MR) is 91.5 cm³/mol. The topological polar surface area (TPSA) is 87.2 Å². The van der Waals surface area contributed by atoms with Crippen molar-refractivity contribution in [3.05, 3.63) is 59.9 Å². The summed E-state index contributed by atoms with van der Waals surface area (Å²) >= 11 is 0. The van der Waals surface area contributed by atoms with Crippen molar-refractivity contribution in [3.8, 4) is 0 Å². The molecule has 1 atom stereocenters. The predicted octanol–water partition coefficient (Wildman–Crippen LogP) is 2.77. The van der Waals surface area contributed by atoms with Crippen molar-refractivity contribution < 1.29 is 14.6 Å². The van der Waals surface area contributed by atoms with Crippen molar-refractivity contribution in [1.29, 1.82) is 0 Å². The highest BCUT2D eigenvalue weighted by molar-refractivity contribution is 5.93. The van der Waals surface area contributed by atoms with E-state index in [0.717, 1.165) is 16.6 Å². The second-order valence-corrected chi connectivity index (χ2v) is 5.56. The van der Waals surface area contributed by atoms with E-state index in [2.05, 4.69) is 15.3 Å². The summed E-state index contributed by atoms with van der Waals surface area (Å²) in [6, 6.07) is 15.0. The normalized spacial score (nSPS) is 12.2. The van der Waals surface area contributed by atoms with Gasteiger partial charge in [-0.25, -0.2) is 4.98 Å². The number of carbonyl (C=O) groups excluding carboxylic acids is 1. The third-order valence-electron chi connectivity index (χ3n) is 3.52. The summed E-state index contributed by atoms with van der Waals surface area (Å²) in [6.07, 6.45) is -0.665. The molecule has 0 aliphatic heterocycles. The summed E-state index contributed by atoms with van der Waals surface area (Å²) in [5.41, 5.74) is 3.17. The molecule has 3 N–H and O–H groups in total. The molecule has 0 fully saturated rings. The number of nitrogens with one attached hydrogen (secondary N) is 2. The van der Waals surface area contributed by atoms with Crippen LogP contribution in [0.4, 0.5) is 5.69 Å². The van der Waals surface area contributed by atoms with E-state index in [1.807, 2.05) is 30.3 Å². The van der Waals surface area contributed by atoms with Gasteiger partial charge in [-0.05, 0) is 30.7 Å². The van der Waals surface area contributed by atoms with Gasteiger partial charge in [-0.3, -0.25) is 4.79 Å². The van der Waals surface area contributed by atoms with E-state index in [4.69, 9.17) is 4.74 Å². The lowest BCUT2D eigenvalue weighted by Gasteiger charge is -2.06. The minimum Gasteiger partial charge on any atom is -0.385 e. The molecule has 0 saturated carbocycles. The Labute approximate surface area is 139 Å². The number of hydrogen-bond donors (Lipinski definition) is 3. The van der Waals surface area contributed by atoms with E-state index in [9.17, 15) is 9.90 Å². The Bertz CT molecular complexity index is 828. The molecule has 0 spiro atoms. The third kappa shape index (κ3) is 3.98. The first-order valence-corrected chi connectivity index (χ1v) is 7.71. The maximum absolute atomic E-state index is 12.0. The van der Waals surface area contributed by atoms with Gasteiger partial charge in [0.05, 0.1) is 17.6 Å². The van der Waals surface area contributed by atoms with Crippen molar-refractivity contribution >= 4 is 22.6 Å². The minimum atomic E-state index is -0.665. The van der Waals surface area contributed by atoms with Gasteiger partial charge >= 0.3 is 0 Å². The lowest BCUT2D eigenvalue weighted by Crippen LogP contribution is -2.18. The van der Waals surface area contributed by atoms with Crippen LogP contribution >= 0.6 is 0 Å². The van der Waals surface area contributed by atoms with Crippen molar-refractivity contribution in [2.45, 2.75) is 19.6 Å². The highest BCUT2D eigenvalue weighted by atomic mass is 16.5. The van der Waals surface area contributed by atoms with Gasteiger partial charge < -0.3 is 20.1 Å². The van der Waals surface area contributed by atoms with Crippen molar-refractivity contribution in [2.75, 3.05) is 11.9 Å². The fourth-order valence-electron chi connectivity index (χ4n) is 2.34.